The molecule has 2 saturated heterocycles. The summed E-state index contributed by atoms with van der Waals surface area (Å²) in [6.07, 6.45) is 1.23. The van der Waals surface area contributed by atoms with Crippen LogP contribution in [0.1, 0.15) is 20.3 Å². The molecular weight excluding hydrogens is 126 g/mol. The van der Waals surface area contributed by atoms with Crippen LogP contribution in [-0.4, -0.2) is 24.8 Å². The number of morpholine rings is 1. The van der Waals surface area contributed by atoms with Gasteiger partial charge < -0.3 is 10.1 Å². The number of nitrogens with one attached hydrogen (secondary N) is 1. The maximum Gasteiger partial charge on any atom is 0.0845 e. The molecule has 0 aromatic heterocycles. The van der Waals surface area contributed by atoms with Crippen LogP contribution in [0.3, 0.4) is 0 Å². The Morgan fingerprint density at radius 1 is 1.60 bits per heavy atom. The highest BCUT2D eigenvalue weighted by Gasteiger charge is 2.47. The summed E-state index contributed by atoms with van der Waals surface area (Å²) in [6.45, 7) is 6.48. The van der Waals surface area contributed by atoms with Crippen molar-refractivity contribution in [3.63, 3.8) is 0 Å². The number of fused-ring (bicyclic) bond motifs is 2. The molecule has 2 heteroatoms. The summed E-state index contributed by atoms with van der Waals surface area (Å²) in [5, 5.41) is 3.45. The van der Waals surface area contributed by atoms with Gasteiger partial charge in [0.05, 0.1) is 12.2 Å². The first kappa shape index (κ1) is 6.62. The van der Waals surface area contributed by atoms with Gasteiger partial charge in [-0.3, -0.25) is 0 Å². The van der Waals surface area contributed by atoms with Crippen molar-refractivity contribution in [3.8, 4) is 0 Å². The Kier molecular flexibility index (Phi) is 1.29. The molecule has 0 aliphatic carbocycles. The minimum atomic E-state index is 0.199. The monoisotopic (exact) mass is 141 g/mol. The normalized spacial score (nSPS) is 45.3. The second kappa shape index (κ2) is 1.95. The fraction of sp³-hybridized carbons (Fsp3) is 1.00. The van der Waals surface area contributed by atoms with E-state index < -0.39 is 0 Å². The Balaban J connectivity index is 2.15. The third-order valence-corrected chi connectivity index (χ3v) is 2.91. The summed E-state index contributed by atoms with van der Waals surface area (Å²) < 4.78 is 5.74. The van der Waals surface area contributed by atoms with Crippen LogP contribution in [0.2, 0.25) is 0 Å². The van der Waals surface area contributed by atoms with E-state index in [-0.39, 0.29) is 5.60 Å². The molecule has 2 bridgehead atoms. The minimum Gasteiger partial charge on any atom is -0.372 e. The molecule has 0 aromatic rings. The average molecular weight is 141 g/mol. The Bertz CT molecular complexity index is 136. The average Bonchev–Trinajstić information content (AvgIpc) is 2.45. The van der Waals surface area contributed by atoms with Gasteiger partial charge in [0.15, 0.2) is 0 Å². The van der Waals surface area contributed by atoms with E-state index in [9.17, 15) is 0 Å². The third kappa shape index (κ3) is 0.722. The van der Waals surface area contributed by atoms with Gasteiger partial charge in [-0.25, -0.2) is 0 Å². The third-order valence-electron chi connectivity index (χ3n) is 2.91. The molecule has 0 spiro atoms. The van der Waals surface area contributed by atoms with E-state index in [1.165, 1.54) is 6.42 Å². The molecule has 2 aliphatic rings. The zero-order valence-corrected chi connectivity index (χ0v) is 6.68. The SMILES string of the molecule is CC(C)[C@@]12CN[C@@H](CO1)C2. The van der Waals surface area contributed by atoms with Crippen molar-refractivity contribution < 1.29 is 4.74 Å². The molecule has 0 unspecified atom stereocenters. The standard InChI is InChI=1S/C8H15NO/c1-6(2)8-3-7(4-10-8)9-5-8/h6-7,9H,3-5H2,1-2H3/t7-,8-/m1/s1. The van der Waals surface area contributed by atoms with Gasteiger partial charge in [-0.15, -0.1) is 0 Å². The second-order valence-electron chi connectivity index (χ2n) is 3.81. The Morgan fingerprint density at radius 2 is 2.40 bits per heavy atom. The number of ether oxygens (including phenoxy) is 1. The Labute approximate surface area is 61.9 Å². The predicted molar refractivity (Wildman–Crippen MR) is 39.9 cm³/mol. The molecule has 0 amide bonds. The van der Waals surface area contributed by atoms with Crippen LogP contribution < -0.4 is 5.32 Å². The van der Waals surface area contributed by atoms with Gasteiger partial charge >= 0.3 is 0 Å². The van der Waals surface area contributed by atoms with Gasteiger partial charge in [-0.2, -0.15) is 0 Å². The zero-order valence-electron chi connectivity index (χ0n) is 6.68. The van der Waals surface area contributed by atoms with Crippen LogP contribution in [0.5, 0.6) is 0 Å². The molecule has 0 aromatic carbocycles. The summed E-state index contributed by atoms with van der Waals surface area (Å²) in [4.78, 5) is 0. The summed E-state index contributed by atoms with van der Waals surface area (Å²) in [5.74, 6) is 0.660. The molecule has 58 valence electrons. The molecule has 0 radical (unpaired) electrons. The van der Waals surface area contributed by atoms with Gasteiger partial charge in [0.1, 0.15) is 0 Å². The van der Waals surface area contributed by atoms with Gasteiger partial charge in [-0.1, -0.05) is 13.8 Å². The van der Waals surface area contributed by atoms with Gasteiger partial charge in [0.2, 0.25) is 0 Å². The highest BCUT2D eigenvalue weighted by molar-refractivity contribution is 5.02. The maximum atomic E-state index is 5.74. The van der Waals surface area contributed by atoms with E-state index >= 15 is 0 Å². The number of hydrogen-bond acceptors (Lipinski definition) is 2. The molecule has 2 atom stereocenters. The molecule has 1 N–H and O–H groups in total. The molecule has 10 heavy (non-hydrogen) atoms. The lowest BCUT2D eigenvalue weighted by Gasteiger charge is -2.30. The van der Waals surface area contributed by atoms with E-state index in [0.717, 1.165) is 13.2 Å². The fourth-order valence-electron chi connectivity index (χ4n) is 1.98. The Hall–Kier alpha value is -0.0800. The lowest BCUT2D eigenvalue weighted by Crippen LogP contribution is -2.42. The first-order valence-electron chi connectivity index (χ1n) is 4.10. The van der Waals surface area contributed by atoms with Crippen molar-refractivity contribution >= 4 is 0 Å². The van der Waals surface area contributed by atoms with E-state index in [2.05, 4.69) is 19.2 Å². The van der Waals surface area contributed by atoms with E-state index in [4.69, 9.17) is 4.74 Å². The Morgan fingerprint density at radius 3 is 2.60 bits per heavy atom. The van der Waals surface area contributed by atoms with Crippen molar-refractivity contribution in [2.75, 3.05) is 13.2 Å². The van der Waals surface area contributed by atoms with Crippen molar-refractivity contribution in [3.05, 3.63) is 0 Å². The van der Waals surface area contributed by atoms with Crippen molar-refractivity contribution in [1.29, 1.82) is 0 Å². The number of hydrogen-bond donors (Lipinski definition) is 1. The van der Waals surface area contributed by atoms with Crippen LogP contribution in [0.15, 0.2) is 0 Å². The molecule has 2 aliphatic heterocycles. The zero-order chi connectivity index (χ0) is 7.19. The number of rotatable bonds is 1. The van der Waals surface area contributed by atoms with E-state index in [1.54, 1.807) is 0 Å². The van der Waals surface area contributed by atoms with Crippen molar-refractivity contribution in [2.45, 2.75) is 31.9 Å². The van der Waals surface area contributed by atoms with Gasteiger partial charge in [-0.05, 0) is 12.3 Å². The highest BCUT2D eigenvalue weighted by atomic mass is 16.5. The van der Waals surface area contributed by atoms with E-state index in [1.807, 2.05) is 0 Å². The van der Waals surface area contributed by atoms with Crippen molar-refractivity contribution in [1.82, 2.24) is 5.32 Å². The largest absolute Gasteiger partial charge is 0.372 e. The smallest absolute Gasteiger partial charge is 0.0845 e. The van der Waals surface area contributed by atoms with Crippen LogP contribution >= 0.6 is 0 Å². The summed E-state index contributed by atoms with van der Waals surface area (Å²) in [5.41, 5.74) is 0.199. The second-order valence-corrected chi connectivity index (χ2v) is 3.81. The van der Waals surface area contributed by atoms with Crippen LogP contribution in [0.25, 0.3) is 0 Å². The first-order valence-corrected chi connectivity index (χ1v) is 4.10. The molecule has 2 fully saturated rings. The first-order chi connectivity index (χ1) is 4.73. The lowest BCUT2D eigenvalue weighted by atomic mass is 9.90. The molecule has 2 rings (SSSR count). The summed E-state index contributed by atoms with van der Waals surface area (Å²) in [6, 6.07) is 0.655. The van der Waals surface area contributed by atoms with Gasteiger partial charge in [0.25, 0.3) is 0 Å². The van der Waals surface area contributed by atoms with Crippen LogP contribution in [0.4, 0.5) is 0 Å². The summed E-state index contributed by atoms with van der Waals surface area (Å²) >= 11 is 0. The highest BCUT2D eigenvalue weighted by Crippen LogP contribution is 2.36. The molecule has 0 saturated carbocycles. The fourth-order valence-corrected chi connectivity index (χ4v) is 1.98. The quantitative estimate of drug-likeness (QED) is 0.582. The summed E-state index contributed by atoms with van der Waals surface area (Å²) in [7, 11) is 0. The minimum absolute atomic E-state index is 0.199. The van der Waals surface area contributed by atoms with Crippen molar-refractivity contribution in [2.24, 2.45) is 5.92 Å². The molecular formula is C8H15NO. The van der Waals surface area contributed by atoms with Crippen LogP contribution in [-0.2, 0) is 4.74 Å². The molecule has 2 heterocycles. The predicted octanol–water partition coefficient (Wildman–Crippen LogP) is 0.773. The topological polar surface area (TPSA) is 21.3 Å². The van der Waals surface area contributed by atoms with E-state index in [0.29, 0.717) is 12.0 Å². The maximum absolute atomic E-state index is 5.74. The lowest BCUT2D eigenvalue weighted by molar-refractivity contribution is -0.0390. The molecule has 2 nitrogen and oxygen atoms in total. The van der Waals surface area contributed by atoms with Crippen LogP contribution in [0, 0.1) is 5.92 Å². The van der Waals surface area contributed by atoms with Gasteiger partial charge in [0, 0.05) is 12.6 Å².